The van der Waals surface area contributed by atoms with Gasteiger partial charge in [-0.3, -0.25) is 9.59 Å². The van der Waals surface area contributed by atoms with Gasteiger partial charge in [-0.25, -0.2) is 4.79 Å². The number of pyridine rings is 1. The number of hydrogen-bond acceptors (Lipinski definition) is 5. The van der Waals surface area contributed by atoms with Crippen molar-refractivity contribution in [3.63, 3.8) is 0 Å². The Morgan fingerprint density at radius 3 is 2.68 bits per heavy atom. The van der Waals surface area contributed by atoms with Gasteiger partial charge in [0.1, 0.15) is 10.4 Å². The molecule has 1 aromatic carbocycles. The molecule has 0 atom stereocenters. The molecule has 0 radical (unpaired) electrons. The van der Waals surface area contributed by atoms with Gasteiger partial charge in [0.15, 0.2) is 0 Å². The first kappa shape index (κ1) is 20.1. The van der Waals surface area contributed by atoms with Crippen LogP contribution in [0.1, 0.15) is 25.6 Å². The third kappa shape index (κ3) is 4.27. The van der Waals surface area contributed by atoms with E-state index in [0.717, 1.165) is 16.9 Å². The van der Waals surface area contributed by atoms with Crippen molar-refractivity contribution in [3.8, 4) is 0 Å². The number of benzene rings is 1. The molecular weight excluding hydrogens is 423 g/mol. The lowest BCUT2D eigenvalue weighted by molar-refractivity contribution is 0.0607. The number of rotatable bonds is 5. The quantitative estimate of drug-likeness (QED) is 0.604. The van der Waals surface area contributed by atoms with Gasteiger partial charge >= 0.3 is 5.97 Å². The molecule has 2 heterocycles. The molecule has 3 rings (SSSR count). The predicted octanol–water partition coefficient (Wildman–Crippen LogP) is 4.30. The van der Waals surface area contributed by atoms with Crippen molar-refractivity contribution in [1.29, 1.82) is 0 Å². The number of carbonyl (C=O) groups excluding carboxylic acids is 2. The van der Waals surface area contributed by atoms with Crippen LogP contribution >= 0.6 is 34.5 Å². The lowest BCUT2D eigenvalue weighted by Crippen LogP contribution is -2.29. The number of carbonyl (C=O) groups is 2. The van der Waals surface area contributed by atoms with E-state index in [0.29, 0.717) is 15.7 Å². The predicted molar refractivity (Wildman–Crippen MR) is 110 cm³/mol. The number of aromatic nitrogens is 1. The highest BCUT2D eigenvalue weighted by Crippen LogP contribution is 2.24. The van der Waals surface area contributed by atoms with Gasteiger partial charge in [-0.05, 0) is 41.3 Å². The topological polar surface area (TPSA) is 77.4 Å². The maximum Gasteiger partial charge on any atom is 0.350 e. The number of thiophene rings is 1. The van der Waals surface area contributed by atoms with Crippen LogP contribution in [0.5, 0.6) is 0 Å². The number of halogens is 2. The molecule has 1 N–H and O–H groups in total. The van der Waals surface area contributed by atoms with Gasteiger partial charge in [-0.2, -0.15) is 0 Å². The third-order valence-electron chi connectivity index (χ3n) is 3.89. The van der Waals surface area contributed by atoms with E-state index in [2.05, 4.69) is 10.1 Å². The molecule has 0 aliphatic rings. The highest BCUT2D eigenvalue weighted by Gasteiger charge is 2.18. The first-order chi connectivity index (χ1) is 13.4. The highest BCUT2D eigenvalue weighted by molar-refractivity contribution is 7.12. The summed E-state index contributed by atoms with van der Waals surface area (Å²) >= 11 is 13.1. The SMILES string of the molecule is COC(=O)c1sccc1NC(=O)c1cccn(Cc2ccc(Cl)c(Cl)c2)c1=O. The van der Waals surface area contributed by atoms with E-state index in [1.807, 2.05) is 0 Å². The summed E-state index contributed by atoms with van der Waals surface area (Å²) in [4.78, 5) is 37.3. The Labute approximate surface area is 174 Å². The fraction of sp³-hybridized carbons (Fsp3) is 0.105. The van der Waals surface area contributed by atoms with Crippen LogP contribution in [0.2, 0.25) is 10.0 Å². The van der Waals surface area contributed by atoms with Gasteiger partial charge in [0.05, 0.1) is 29.4 Å². The summed E-state index contributed by atoms with van der Waals surface area (Å²) in [6.45, 7) is 0.225. The van der Waals surface area contributed by atoms with Gasteiger partial charge < -0.3 is 14.6 Å². The summed E-state index contributed by atoms with van der Waals surface area (Å²) in [6.07, 6.45) is 1.58. The first-order valence-corrected chi connectivity index (χ1v) is 9.65. The lowest BCUT2D eigenvalue weighted by atomic mass is 10.2. The summed E-state index contributed by atoms with van der Waals surface area (Å²) in [5.74, 6) is -1.17. The third-order valence-corrected chi connectivity index (χ3v) is 5.52. The molecule has 0 spiro atoms. The molecule has 3 aromatic rings. The van der Waals surface area contributed by atoms with Crippen molar-refractivity contribution >= 4 is 52.1 Å². The second-order valence-corrected chi connectivity index (χ2v) is 7.44. The van der Waals surface area contributed by atoms with Crippen LogP contribution in [0.4, 0.5) is 5.69 Å². The summed E-state index contributed by atoms with van der Waals surface area (Å²) in [5.41, 5.74) is 0.534. The second-order valence-electron chi connectivity index (χ2n) is 5.71. The molecule has 0 fully saturated rings. The number of ether oxygens (including phenoxy) is 1. The average Bonchev–Trinajstić information content (AvgIpc) is 3.13. The zero-order valence-electron chi connectivity index (χ0n) is 14.6. The Morgan fingerprint density at radius 1 is 1.18 bits per heavy atom. The van der Waals surface area contributed by atoms with E-state index in [9.17, 15) is 14.4 Å². The van der Waals surface area contributed by atoms with Crippen LogP contribution in [0.15, 0.2) is 52.8 Å². The maximum atomic E-state index is 12.7. The Bertz CT molecular complexity index is 1110. The fourth-order valence-electron chi connectivity index (χ4n) is 2.52. The molecule has 0 saturated carbocycles. The first-order valence-electron chi connectivity index (χ1n) is 8.01. The van der Waals surface area contributed by atoms with Crippen molar-refractivity contribution in [2.75, 3.05) is 12.4 Å². The Kier molecular flexibility index (Phi) is 6.18. The van der Waals surface area contributed by atoms with Crippen LogP contribution in [-0.2, 0) is 11.3 Å². The van der Waals surface area contributed by atoms with Gasteiger partial charge in [-0.15, -0.1) is 11.3 Å². The number of nitrogens with zero attached hydrogens (tertiary/aromatic N) is 1. The van der Waals surface area contributed by atoms with Crippen molar-refractivity contribution in [3.05, 3.63) is 84.4 Å². The minimum absolute atomic E-state index is 0.0513. The maximum absolute atomic E-state index is 12.7. The summed E-state index contributed by atoms with van der Waals surface area (Å²) in [5, 5.41) is 5.04. The minimum atomic E-state index is -0.614. The molecule has 0 unspecified atom stereocenters. The molecule has 144 valence electrons. The normalized spacial score (nSPS) is 10.5. The molecular formula is C19H14Cl2N2O4S. The summed E-state index contributed by atoms with van der Waals surface area (Å²) < 4.78 is 6.08. The fourth-order valence-corrected chi connectivity index (χ4v) is 3.60. The number of esters is 1. The summed E-state index contributed by atoms with van der Waals surface area (Å²) in [7, 11) is 1.26. The van der Waals surface area contributed by atoms with E-state index in [4.69, 9.17) is 23.2 Å². The average molecular weight is 437 g/mol. The highest BCUT2D eigenvalue weighted by atomic mass is 35.5. The number of nitrogens with one attached hydrogen (secondary N) is 1. The van der Waals surface area contributed by atoms with Gasteiger partial charge in [0.2, 0.25) is 0 Å². The van der Waals surface area contributed by atoms with E-state index >= 15 is 0 Å². The van der Waals surface area contributed by atoms with Crippen molar-refractivity contribution in [2.45, 2.75) is 6.54 Å². The Morgan fingerprint density at radius 2 is 1.96 bits per heavy atom. The van der Waals surface area contributed by atoms with Crippen LogP contribution < -0.4 is 10.9 Å². The largest absolute Gasteiger partial charge is 0.465 e. The monoisotopic (exact) mass is 436 g/mol. The van der Waals surface area contributed by atoms with E-state index in [1.54, 1.807) is 41.9 Å². The molecule has 0 aliphatic carbocycles. The number of hydrogen-bond donors (Lipinski definition) is 1. The van der Waals surface area contributed by atoms with Gasteiger partial charge in [0, 0.05) is 6.20 Å². The van der Waals surface area contributed by atoms with Crippen molar-refractivity contribution in [1.82, 2.24) is 4.57 Å². The number of methoxy groups -OCH3 is 1. The van der Waals surface area contributed by atoms with Crippen molar-refractivity contribution < 1.29 is 14.3 Å². The standard InChI is InChI=1S/C19H14Cl2N2O4S/c1-27-19(26)16-15(6-8-28-16)22-17(24)12-3-2-7-23(18(12)25)10-11-4-5-13(20)14(21)9-11/h2-9H,10H2,1H3,(H,22,24). The lowest BCUT2D eigenvalue weighted by Gasteiger charge is -2.10. The van der Waals surface area contributed by atoms with Crippen LogP contribution in [0, 0.1) is 0 Å². The number of anilines is 1. The molecule has 0 aliphatic heterocycles. The zero-order valence-corrected chi connectivity index (χ0v) is 16.9. The molecule has 0 saturated heterocycles. The van der Waals surface area contributed by atoms with Crippen molar-refractivity contribution in [2.24, 2.45) is 0 Å². The minimum Gasteiger partial charge on any atom is -0.465 e. The van der Waals surface area contributed by atoms with Crippen LogP contribution in [0.25, 0.3) is 0 Å². The van der Waals surface area contributed by atoms with E-state index in [1.165, 1.54) is 17.7 Å². The zero-order chi connectivity index (χ0) is 20.3. The van der Waals surface area contributed by atoms with Gasteiger partial charge in [0.25, 0.3) is 11.5 Å². The molecule has 2 aromatic heterocycles. The van der Waals surface area contributed by atoms with Crippen LogP contribution in [0.3, 0.4) is 0 Å². The Hall–Kier alpha value is -2.61. The number of amides is 1. The van der Waals surface area contributed by atoms with Crippen LogP contribution in [-0.4, -0.2) is 23.6 Å². The second kappa shape index (κ2) is 8.60. The molecule has 9 heteroatoms. The van der Waals surface area contributed by atoms with E-state index < -0.39 is 17.4 Å². The Balaban J connectivity index is 1.85. The molecule has 28 heavy (non-hydrogen) atoms. The van der Waals surface area contributed by atoms with Gasteiger partial charge in [-0.1, -0.05) is 29.3 Å². The molecule has 6 nitrogen and oxygen atoms in total. The molecule has 0 bridgehead atoms. The smallest absolute Gasteiger partial charge is 0.350 e. The summed E-state index contributed by atoms with van der Waals surface area (Å²) in [6, 6.07) is 9.66. The molecule has 1 amide bonds. The van der Waals surface area contributed by atoms with E-state index in [-0.39, 0.29) is 17.0 Å².